The Balaban J connectivity index is 1.68. The Bertz CT molecular complexity index is 1030. The first kappa shape index (κ1) is 19.4. The number of likely N-dealkylation sites (tertiary alicyclic amines) is 1. The molecule has 0 aliphatic carbocycles. The summed E-state index contributed by atoms with van der Waals surface area (Å²) in [5.74, 6) is 0.897. The van der Waals surface area contributed by atoms with Crippen LogP contribution in [-0.2, 0) is 0 Å². The first-order valence-corrected chi connectivity index (χ1v) is 10.3. The second kappa shape index (κ2) is 8.19. The van der Waals surface area contributed by atoms with E-state index in [1.54, 1.807) is 7.11 Å². The lowest BCUT2D eigenvalue weighted by molar-refractivity contribution is 0.0681. The molecule has 0 spiro atoms. The molecule has 2 aromatic carbocycles. The largest absolute Gasteiger partial charge is 0.497 e. The highest BCUT2D eigenvalue weighted by Gasteiger charge is 2.28. The lowest BCUT2D eigenvalue weighted by Gasteiger charge is -2.31. The van der Waals surface area contributed by atoms with Gasteiger partial charge in [0.1, 0.15) is 5.75 Å². The number of hydrogen-bond acceptors (Lipinski definition) is 4. The Kier molecular flexibility index (Phi) is 5.47. The molecule has 4 rings (SSSR count). The minimum Gasteiger partial charge on any atom is -0.497 e. The minimum atomic E-state index is 0.0645. The molecule has 5 heteroatoms. The molecule has 1 aliphatic heterocycles. The molecular formula is C24H27N3O2. The second-order valence-corrected chi connectivity index (χ2v) is 7.73. The number of carbonyl (C=O) groups excluding carboxylic acids is 1. The zero-order chi connectivity index (χ0) is 20.4. The van der Waals surface area contributed by atoms with Crippen LogP contribution >= 0.6 is 0 Å². The van der Waals surface area contributed by atoms with Crippen LogP contribution in [0.1, 0.15) is 59.0 Å². The van der Waals surface area contributed by atoms with Gasteiger partial charge in [-0.3, -0.25) is 4.79 Å². The highest BCUT2D eigenvalue weighted by Crippen LogP contribution is 2.32. The summed E-state index contributed by atoms with van der Waals surface area (Å²) in [7, 11) is 1.67. The number of methoxy groups -OCH3 is 1. The Morgan fingerprint density at radius 1 is 0.966 bits per heavy atom. The summed E-state index contributed by atoms with van der Waals surface area (Å²) in [6.07, 6.45) is 4.29. The number of nitrogens with zero attached hydrogens (tertiary/aromatic N) is 3. The van der Waals surface area contributed by atoms with Crippen molar-refractivity contribution in [1.29, 1.82) is 0 Å². The van der Waals surface area contributed by atoms with Gasteiger partial charge in [0.25, 0.3) is 5.91 Å². The van der Waals surface area contributed by atoms with Gasteiger partial charge in [0, 0.05) is 12.1 Å². The standard InChI is InChI=1S/C24H27N3O2/c1-16-17(2)26-22-15-19(10-13-21(22)25-16)24(28)27-14-6-4-5-7-23(27)18-8-11-20(29-3)12-9-18/h8-13,15,23H,4-7,14H2,1-3H3/t23-/m0/s1. The lowest BCUT2D eigenvalue weighted by atomic mass is 9.99. The third-order valence-electron chi connectivity index (χ3n) is 5.84. The van der Waals surface area contributed by atoms with E-state index in [1.807, 2.05) is 49.1 Å². The maximum Gasteiger partial charge on any atom is 0.254 e. The van der Waals surface area contributed by atoms with Gasteiger partial charge in [-0.1, -0.05) is 25.0 Å². The van der Waals surface area contributed by atoms with Gasteiger partial charge in [0.05, 0.1) is 35.6 Å². The normalized spacial score (nSPS) is 17.2. The van der Waals surface area contributed by atoms with Gasteiger partial charge < -0.3 is 9.64 Å². The predicted octanol–water partition coefficient (Wildman–Crippen LogP) is 5.01. The van der Waals surface area contributed by atoms with Crippen LogP contribution in [0.2, 0.25) is 0 Å². The van der Waals surface area contributed by atoms with E-state index >= 15 is 0 Å². The summed E-state index contributed by atoms with van der Waals surface area (Å²) in [6.45, 7) is 4.68. The molecule has 1 atom stereocenters. The lowest BCUT2D eigenvalue weighted by Crippen LogP contribution is -2.34. The maximum absolute atomic E-state index is 13.5. The van der Waals surface area contributed by atoms with Gasteiger partial charge in [-0.15, -0.1) is 0 Å². The van der Waals surface area contributed by atoms with E-state index in [0.717, 1.165) is 66.0 Å². The average Bonchev–Trinajstić information content (AvgIpc) is 3.00. The van der Waals surface area contributed by atoms with E-state index in [0.29, 0.717) is 5.56 Å². The van der Waals surface area contributed by atoms with E-state index in [-0.39, 0.29) is 11.9 Å². The van der Waals surface area contributed by atoms with Gasteiger partial charge in [0.2, 0.25) is 0 Å². The number of amides is 1. The van der Waals surface area contributed by atoms with Crippen molar-refractivity contribution in [1.82, 2.24) is 14.9 Å². The zero-order valence-corrected chi connectivity index (χ0v) is 17.3. The quantitative estimate of drug-likeness (QED) is 0.632. The van der Waals surface area contributed by atoms with Gasteiger partial charge in [-0.2, -0.15) is 0 Å². The number of ether oxygens (including phenoxy) is 1. The van der Waals surface area contributed by atoms with Crippen LogP contribution in [0.25, 0.3) is 11.0 Å². The summed E-state index contributed by atoms with van der Waals surface area (Å²) in [5.41, 5.74) is 5.25. The van der Waals surface area contributed by atoms with Crippen LogP contribution in [-0.4, -0.2) is 34.4 Å². The SMILES string of the molecule is COc1ccc([C@@H]2CCCCCN2C(=O)c2ccc3nc(C)c(C)nc3c2)cc1. The van der Waals surface area contributed by atoms with Gasteiger partial charge in [-0.05, 0) is 62.6 Å². The van der Waals surface area contributed by atoms with Gasteiger partial charge >= 0.3 is 0 Å². The number of hydrogen-bond donors (Lipinski definition) is 0. The highest BCUT2D eigenvalue weighted by atomic mass is 16.5. The molecule has 1 fully saturated rings. The molecule has 1 aromatic heterocycles. The first-order valence-electron chi connectivity index (χ1n) is 10.3. The highest BCUT2D eigenvalue weighted by molar-refractivity contribution is 5.97. The fraction of sp³-hybridized carbons (Fsp3) is 0.375. The molecule has 1 saturated heterocycles. The Morgan fingerprint density at radius 3 is 2.41 bits per heavy atom. The second-order valence-electron chi connectivity index (χ2n) is 7.73. The third-order valence-corrected chi connectivity index (χ3v) is 5.84. The molecular weight excluding hydrogens is 362 g/mol. The van der Waals surface area contributed by atoms with E-state index < -0.39 is 0 Å². The van der Waals surface area contributed by atoms with Crippen molar-refractivity contribution in [2.24, 2.45) is 0 Å². The van der Waals surface area contributed by atoms with Crippen molar-refractivity contribution in [3.63, 3.8) is 0 Å². The van der Waals surface area contributed by atoms with Gasteiger partial charge in [-0.25, -0.2) is 9.97 Å². The Labute approximate surface area is 171 Å². The van der Waals surface area contributed by atoms with E-state index in [9.17, 15) is 4.79 Å². The predicted molar refractivity (Wildman–Crippen MR) is 114 cm³/mol. The fourth-order valence-corrected chi connectivity index (χ4v) is 4.05. The van der Waals surface area contributed by atoms with Crippen LogP contribution in [0.3, 0.4) is 0 Å². The molecule has 150 valence electrons. The topological polar surface area (TPSA) is 55.3 Å². The number of fused-ring (bicyclic) bond motifs is 1. The Morgan fingerprint density at radius 2 is 1.69 bits per heavy atom. The molecule has 2 heterocycles. The van der Waals surface area contributed by atoms with Crippen molar-refractivity contribution in [2.75, 3.05) is 13.7 Å². The van der Waals surface area contributed by atoms with Crippen molar-refractivity contribution >= 4 is 16.9 Å². The molecule has 1 amide bonds. The van der Waals surface area contributed by atoms with Crippen molar-refractivity contribution in [3.8, 4) is 5.75 Å². The van der Waals surface area contributed by atoms with Gasteiger partial charge in [0.15, 0.2) is 0 Å². The fourth-order valence-electron chi connectivity index (χ4n) is 4.05. The van der Waals surface area contributed by atoms with E-state index in [4.69, 9.17) is 4.74 Å². The van der Waals surface area contributed by atoms with E-state index in [1.165, 1.54) is 0 Å². The molecule has 5 nitrogen and oxygen atoms in total. The summed E-state index contributed by atoms with van der Waals surface area (Å²) in [6, 6.07) is 13.8. The van der Waals surface area contributed by atoms with Crippen molar-refractivity contribution in [3.05, 3.63) is 65.0 Å². The van der Waals surface area contributed by atoms with Crippen molar-refractivity contribution < 1.29 is 9.53 Å². The van der Waals surface area contributed by atoms with Crippen LogP contribution in [0.5, 0.6) is 5.75 Å². The number of rotatable bonds is 3. The molecule has 0 radical (unpaired) electrons. The van der Waals surface area contributed by atoms with E-state index in [2.05, 4.69) is 22.1 Å². The molecule has 0 bridgehead atoms. The average molecular weight is 389 g/mol. The third kappa shape index (κ3) is 3.95. The van der Waals surface area contributed by atoms with Crippen LogP contribution in [0.4, 0.5) is 0 Å². The van der Waals surface area contributed by atoms with Crippen molar-refractivity contribution in [2.45, 2.75) is 45.6 Å². The molecule has 3 aromatic rings. The summed E-state index contributed by atoms with van der Waals surface area (Å²) in [4.78, 5) is 24.8. The molecule has 29 heavy (non-hydrogen) atoms. The zero-order valence-electron chi connectivity index (χ0n) is 17.3. The number of carbonyl (C=O) groups is 1. The number of benzene rings is 2. The maximum atomic E-state index is 13.5. The molecule has 1 aliphatic rings. The summed E-state index contributed by atoms with van der Waals surface area (Å²) in [5, 5.41) is 0. The Hall–Kier alpha value is -2.95. The molecule has 0 N–H and O–H groups in total. The summed E-state index contributed by atoms with van der Waals surface area (Å²) < 4.78 is 5.29. The number of aromatic nitrogens is 2. The van der Waals surface area contributed by atoms with Crippen LogP contribution in [0, 0.1) is 13.8 Å². The molecule has 0 unspecified atom stereocenters. The molecule has 0 saturated carbocycles. The smallest absolute Gasteiger partial charge is 0.254 e. The number of aryl methyl sites for hydroxylation is 2. The minimum absolute atomic E-state index is 0.0645. The monoisotopic (exact) mass is 389 g/mol. The van der Waals surface area contributed by atoms with Crippen LogP contribution < -0.4 is 4.74 Å². The summed E-state index contributed by atoms with van der Waals surface area (Å²) >= 11 is 0. The van der Waals surface area contributed by atoms with Crippen LogP contribution in [0.15, 0.2) is 42.5 Å². The first-order chi connectivity index (χ1) is 14.1.